The average Bonchev–Trinajstić information content (AvgIpc) is 3.47. The Morgan fingerprint density at radius 3 is 2.11 bits per heavy atom. The molecule has 3 amide bonds. The normalized spacial score (nSPS) is 14.1. The number of carbonyl (C=O) groups is 4. The first-order chi connectivity index (χ1) is 17.5. The van der Waals surface area contributed by atoms with Crippen LogP contribution in [0.25, 0.3) is 0 Å². The van der Waals surface area contributed by atoms with Gasteiger partial charge in [0.15, 0.2) is 12.4 Å². The van der Waals surface area contributed by atoms with E-state index in [4.69, 9.17) is 9.15 Å². The maximum atomic E-state index is 12.9. The number of nitrogens with zero attached hydrogens (tertiary/aromatic N) is 2. The van der Waals surface area contributed by atoms with Crippen LogP contribution in [-0.4, -0.2) is 72.3 Å². The molecular weight excluding hydrogens is 462 g/mol. The van der Waals surface area contributed by atoms with E-state index in [0.29, 0.717) is 31.7 Å². The number of ether oxygens (including phenoxy) is 1. The van der Waals surface area contributed by atoms with Crippen LogP contribution in [0.2, 0.25) is 0 Å². The van der Waals surface area contributed by atoms with Gasteiger partial charge in [0, 0.05) is 38.2 Å². The van der Waals surface area contributed by atoms with Crippen LogP contribution in [-0.2, 0) is 20.7 Å². The SMILES string of the molecule is O=C(N[C@H](Cc1ccccc1)C(=O)OCC(=O)N1CCN(C(=O)c2ccco2)CC1)c1ccccc1. The van der Waals surface area contributed by atoms with Crippen LogP contribution in [0, 0.1) is 0 Å². The van der Waals surface area contributed by atoms with Gasteiger partial charge in [-0.3, -0.25) is 14.4 Å². The largest absolute Gasteiger partial charge is 0.459 e. The van der Waals surface area contributed by atoms with E-state index in [-0.39, 0.29) is 24.0 Å². The number of carbonyl (C=O) groups excluding carboxylic acids is 4. The summed E-state index contributed by atoms with van der Waals surface area (Å²) in [6, 6.07) is 20.1. The summed E-state index contributed by atoms with van der Waals surface area (Å²) in [5.74, 6) is -1.43. The highest BCUT2D eigenvalue weighted by Gasteiger charge is 2.28. The molecule has 2 heterocycles. The van der Waals surface area contributed by atoms with E-state index >= 15 is 0 Å². The lowest BCUT2D eigenvalue weighted by atomic mass is 10.1. The van der Waals surface area contributed by atoms with E-state index < -0.39 is 24.5 Å². The van der Waals surface area contributed by atoms with Crippen molar-refractivity contribution in [3.8, 4) is 0 Å². The molecule has 0 bridgehead atoms. The molecule has 1 aliphatic rings. The molecule has 2 aromatic carbocycles. The first-order valence-corrected chi connectivity index (χ1v) is 11.7. The third kappa shape index (κ3) is 6.38. The molecule has 0 saturated carbocycles. The van der Waals surface area contributed by atoms with Crippen LogP contribution in [0.15, 0.2) is 83.5 Å². The Kier molecular flexibility index (Phi) is 8.12. The summed E-state index contributed by atoms with van der Waals surface area (Å²) in [4.78, 5) is 53.8. The van der Waals surface area contributed by atoms with Crippen molar-refractivity contribution in [3.63, 3.8) is 0 Å². The zero-order valence-corrected chi connectivity index (χ0v) is 19.7. The van der Waals surface area contributed by atoms with Gasteiger partial charge in [0.1, 0.15) is 6.04 Å². The molecule has 0 radical (unpaired) electrons. The fourth-order valence-electron chi connectivity index (χ4n) is 3.91. The minimum atomic E-state index is -0.962. The Morgan fingerprint density at radius 1 is 0.833 bits per heavy atom. The van der Waals surface area contributed by atoms with Crippen LogP contribution >= 0.6 is 0 Å². The van der Waals surface area contributed by atoms with Crippen LogP contribution in [0.3, 0.4) is 0 Å². The molecule has 9 heteroatoms. The average molecular weight is 490 g/mol. The first-order valence-electron chi connectivity index (χ1n) is 11.7. The van der Waals surface area contributed by atoms with E-state index in [2.05, 4.69) is 5.32 Å². The molecule has 1 N–H and O–H groups in total. The summed E-state index contributed by atoms with van der Waals surface area (Å²) >= 11 is 0. The molecule has 4 rings (SSSR count). The number of hydrogen-bond donors (Lipinski definition) is 1. The Balaban J connectivity index is 1.31. The minimum absolute atomic E-state index is 0.222. The second-order valence-corrected chi connectivity index (χ2v) is 8.34. The highest BCUT2D eigenvalue weighted by molar-refractivity contribution is 5.97. The summed E-state index contributed by atoms with van der Waals surface area (Å²) < 4.78 is 10.5. The first kappa shape index (κ1) is 24.7. The number of rotatable bonds is 8. The van der Waals surface area contributed by atoms with E-state index in [1.54, 1.807) is 52.3 Å². The van der Waals surface area contributed by atoms with Crippen LogP contribution in [0.5, 0.6) is 0 Å². The zero-order valence-electron chi connectivity index (χ0n) is 19.7. The number of esters is 1. The van der Waals surface area contributed by atoms with Crippen molar-refractivity contribution in [1.29, 1.82) is 0 Å². The van der Waals surface area contributed by atoms with E-state index in [1.807, 2.05) is 30.3 Å². The van der Waals surface area contributed by atoms with Gasteiger partial charge in [-0.1, -0.05) is 48.5 Å². The molecule has 36 heavy (non-hydrogen) atoms. The fraction of sp³-hybridized carbons (Fsp3) is 0.259. The number of furan rings is 1. The lowest BCUT2D eigenvalue weighted by molar-refractivity contribution is -0.154. The van der Waals surface area contributed by atoms with E-state index in [0.717, 1.165) is 5.56 Å². The van der Waals surface area contributed by atoms with Gasteiger partial charge >= 0.3 is 5.97 Å². The van der Waals surface area contributed by atoms with Gasteiger partial charge in [-0.05, 0) is 29.8 Å². The van der Waals surface area contributed by atoms with E-state index in [1.165, 1.54) is 6.26 Å². The lowest BCUT2D eigenvalue weighted by Crippen LogP contribution is -2.52. The summed E-state index contributed by atoms with van der Waals surface area (Å²) in [5.41, 5.74) is 1.26. The van der Waals surface area contributed by atoms with Crippen LogP contribution < -0.4 is 5.32 Å². The van der Waals surface area contributed by atoms with Crippen molar-refractivity contribution in [1.82, 2.24) is 15.1 Å². The number of amides is 3. The fourth-order valence-corrected chi connectivity index (χ4v) is 3.91. The van der Waals surface area contributed by atoms with Crippen molar-refractivity contribution in [3.05, 3.63) is 95.9 Å². The Bertz CT molecular complexity index is 1170. The summed E-state index contributed by atoms with van der Waals surface area (Å²) in [6.45, 7) is 0.894. The number of hydrogen-bond acceptors (Lipinski definition) is 6. The molecule has 186 valence electrons. The highest BCUT2D eigenvalue weighted by atomic mass is 16.5. The van der Waals surface area contributed by atoms with Crippen molar-refractivity contribution < 1.29 is 28.3 Å². The number of piperazine rings is 1. The second kappa shape index (κ2) is 11.8. The van der Waals surface area contributed by atoms with Gasteiger partial charge < -0.3 is 24.3 Å². The molecule has 1 atom stereocenters. The van der Waals surface area contributed by atoms with Gasteiger partial charge in [-0.25, -0.2) is 4.79 Å². The van der Waals surface area contributed by atoms with Crippen molar-refractivity contribution in [2.45, 2.75) is 12.5 Å². The number of nitrogens with one attached hydrogen (secondary N) is 1. The van der Waals surface area contributed by atoms with Gasteiger partial charge in [0.05, 0.1) is 6.26 Å². The molecule has 0 aliphatic carbocycles. The van der Waals surface area contributed by atoms with Gasteiger partial charge in [-0.15, -0.1) is 0 Å². The standard InChI is InChI=1S/C27H27N3O6/c31-24(29-13-15-30(16-14-29)26(33)23-12-7-17-35-23)19-36-27(34)22(18-20-8-3-1-4-9-20)28-25(32)21-10-5-2-6-11-21/h1-12,17,22H,13-16,18-19H2,(H,28,32)/t22-/m1/s1. The zero-order chi connectivity index (χ0) is 25.3. The molecule has 0 unspecified atom stereocenters. The minimum Gasteiger partial charge on any atom is -0.459 e. The van der Waals surface area contributed by atoms with Gasteiger partial charge in [-0.2, -0.15) is 0 Å². The molecule has 1 aliphatic heterocycles. The predicted molar refractivity (Wildman–Crippen MR) is 130 cm³/mol. The monoisotopic (exact) mass is 489 g/mol. The Labute approximate surface area is 208 Å². The highest BCUT2D eigenvalue weighted by Crippen LogP contribution is 2.11. The maximum absolute atomic E-state index is 12.9. The second-order valence-electron chi connectivity index (χ2n) is 8.34. The Hall–Kier alpha value is -4.40. The summed E-state index contributed by atoms with van der Waals surface area (Å²) in [6.07, 6.45) is 1.66. The summed E-state index contributed by atoms with van der Waals surface area (Å²) in [7, 11) is 0. The Morgan fingerprint density at radius 2 is 1.47 bits per heavy atom. The van der Waals surface area contributed by atoms with Crippen LogP contribution in [0.1, 0.15) is 26.5 Å². The quantitative estimate of drug-likeness (QED) is 0.486. The third-order valence-corrected chi connectivity index (χ3v) is 5.90. The third-order valence-electron chi connectivity index (χ3n) is 5.90. The van der Waals surface area contributed by atoms with Crippen LogP contribution in [0.4, 0.5) is 0 Å². The van der Waals surface area contributed by atoms with Crippen molar-refractivity contribution in [2.75, 3.05) is 32.8 Å². The molecule has 1 fully saturated rings. The molecule has 0 spiro atoms. The summed E-state index contributed by atoms with van der Waals surface area (Å²) in [5, 5.41) is 2.73. The topological polar surface area (TPSA) is 109 Å². The van der Waals surface area contributed by atoms with Crippen molar-refractivity contribution in [2.24, 2.45) is 0 Å². The van der Waals surface area contributed by atoms with Gasteiger partial charge in [0.2, 0.25) is 0 Å². The molecule has 1 saturated heterocycles. The molecule has 9 nitrogen and oxygen atoms in total. The molecule has 3 aromatic rings. The van der Waals surface area contributed by atoms with Gasteiger partial charge in [0.25, 0.3) is 17.7 Å². The predicted octanol–water partition coefficient (Wildman–Crippen LogP) is 2.15. The smallest absolute Gasteiger partial charge is 0.329 e. The molecule has 1 aromatic heterocycles. The maximum Gasteiger partial charge on any atom is 0.329 e. The van der Waals surface area contributed by atoms with E-state index in [9.17, 15) is 19.2 Å². The number of benzene rings is 2. The lowest BCUT2D eigenvalue weighted by Gasteiger charge is -2.34. The molecular formula is C27H27N3O6. The van der Waals surface area contributed by atoms with Crippen molar-refractivity contribution >= 4 is 23.7 Å².